The molecule has 0 bridgehead atoms. The van der Waals surface area contributed by atoms with Crippen molar-refractivity contribution in [1.82, 2.24) is 0 Å². The van der Waals surface area contributed by atoms with Gasteiger partial charge in [-0.3, -0.25) is 4.79 Å². The molecule has 2 nitrogen and oxygen atoms in total. The Balaban J connectivity index is 1.64. The zero-order valence-electron chi connectivity index (χ0n) is 19.9. The fraction of sp³-hybridized carbons (Fsp3) is 0.963. The number of carbonyl (C=O) groups excluding carboxylic acids is 1. The van der Waals surface area contributed by atoms with Crippen molar-refractivity contribution >= 4 is 5.97 Å². The summed E-state index contributed by atoms with van der Waals surface area (Å²) in [4.78, 5) is 11.0. The molecule has 1 heterocycles. The first-order chi connectivity index (χ1) is 14.3. The van der Waals surface area contributed by atoms with Gasteiger partial charge in [-0.2, -0.15) is 0 Å². The number of rotatable bonds is 22. The number of ether oxygens (including phenoxy) is 1. The van der Waals surface area contributed by atoms with Crippen molar-refractivity contribution in [3.63, 3.8) is 0 Å². The summed E-state index contributed by atoms with van der Waals surface area (Å²) in [6.07, 6.45) is 32.9. The molecule has 0 aromatic heterocycles. The highest BCUT2D eigenvalue weighted by atomic mass is 16.5. The molecule has 0 radical (unpaired) electrons. The third kappa shape index (κ3) is 18.0. The summed E-state index contributed by atoms with van der Waals surface area (Å²) in [6.45, 7) is 2.30. The van der Waals surface area contributed by atoms with Gasteiger partial charge in [-0.1, -0.05) is 135 Å². The van der Waals surface area contributed by atoms with Gasteiger partial charge in [0, 0.05) is 6.42 Å². The van der Waals surface area contributed by atoms with Crippen molar-refractivity contribution < 1.29 is 9.53 Å². The molecular weight excluding hydrogens is 356 g/mol. The number of esters is 1. The molecule has 1 fully saturated rings. The van der Waals surface area contributed by atoms with E-state index in [2.05, 4.69) is 6.92 Å². The molecule has 1 aliphatic heterocycles. The summed E-state index contributed by atoms with van der Waals surface area (Å²) >= 11 is 0. The van der Waals surface area contributed by atoms with E-state index in [0.29, 0.717) is 6.42 Å². The Hall–Kier alpha value is -0.530. The summed E-state index contributed by atoms with van der Waals surface area (Å²) in [6, 6.07) is 0. The lowest BCUT2D eigenvalue weighted by atomic mass is 10.0. The van der Waals surface area contributed by atoms with E-state index in [1.54, 1.807) is 0 Å². The molecule has 1 saturated heterocycles. The maximum Gasteiger partial charge on any atom is 0.306 e. The van der Waals surface area contributed by atoms with Crippen LogP contribution in [-0.2, 0) is 9.53 Å². The van der Waals surface area contributed by atoms with Crippen LogP contribution < -0.4 is 0 Å². The van der Waals surface area contributed by atoms with Gasteiger partial charge in [0.25, 0.3) is 0 Å². The summed E-state index contributed by atoms with van der Waals surface area (Å²) in [5, 5.41) is 0. The lowest BCUT2D eigenvalue weighted by Crippen LogP contribution is -2.06. The predicted octanol–water partition coefficient (Wildman–Crippen LogP) is 9.29. The lowest BCUT2D eigenvalue weighted by Gasteiger charge is -2.08. The second-order valence-corrected chi connectivity index (χ2v) is 9.51. The van der Waals surface area contributed by atoms with Crippen LogP contribution in [0.25, 0.3) is 0 Å². The van der Waals surface area contributed by atoms with Gasteiger partial charge in [0.2, 0.25) is 0 Å². The molecule has 0 N–H and O–H groups in total. The number of carbonyl (C=O) groups is 1. The highest BCUT2D eigenvalue weighted by Gasteiger charge is 2.22. The standard InChI is InChI=1S/C27H52O2/c1-2-3-4-5-6-7-8-9-10-11-12-13-14-15-16-17-18-19-20-21-22-23-26-24-25-27(28)29-26/h26H,2-25H2,1H3/t26-/m0/s1. The zero-order chi connectivity index (χ0) is 20.8. The van der Waals surface area contributed by atoms with Gasteiger partial charge in [-0.15, -0.1) is 0 Å². The van der Waals surface area contributed by atoms with E-state index in [1.165, 1.54) is 135 Å². The van der Waals surface area contributed by atoms with Crippen LogP contribution >= 0.6 is 0 Å². The van der Waals surface area contributed by atoms with Gasteiger partial charge in [0.15, 0.2) is 0 Å². The molecule has 0 aromatic carbocycles. The first-order valence-electron chi connectivity index (χ1n) is 13.5. The largest absolute Gasteiger partial charge is 0.462 e. The number of hydrogen-bond donors (Lipinski definition) is 0. The van der Waals surface area contributed by atoms with E-state index < -0.39 is 0 Å². The van der Waals surface area contributed by atoms with E-state index >= 15 is 0 Å². The molecule has 29 heavy (non-hydrogen) atoms. The van der Waals surface area contributed by atoms with Crippen LogP contribution in [0.15, 0.2) is 0 Å². The van der Waals surface area contributed by atoms with Crippen molar-refractivity contribution in [1.29, 1.82) is 0 Å². The van der Waals surface area contributed by atoms with E-state index in [1.807, 2.05) is 0 Å². The van der Waals surface area contributed by atoms with E-state index in [0.717, 1.165) is 12.8 Å². The van der Waals surface area contributed by atoms with Crippen LogP contribution in [0, 0.1) is 0 Å². The minimum atomic E-state index is 0.0125. The summed E-state index contributed by atoms with van der Waals surface area (Å²) < 4.78 is 5.27. The van der Waals surface area contributed by atoms with E-state index in [-0.39, 0.29) is 12.1 Å². The maximum atomic E-state index is 11.0. The Bertz CT molecular complexity index is 352. The molecule has 1 aliphatic rings. The fourth-order valence-electron chi connectivity index (χ4n) is 4.59. The topological polar surface area (TPSA) is 26.3 Å². The lowest BCUT2D eigenvalue weighted by molar-refractivity contribution is -0.141. The molecule has 0 amide bonds. The maximum absolute atomic E-state index is 11.0. The third-order valence-corrected chi connectivity index (χ3v) is 6.60. The average molecular weight is 409 g/mol. The molecule has 0 saturated carbocycles. The second-order valence-electron chi connectivity index (χ2n) is 9.51. The van der Waals surface area contributed by atoms with Gasteiger partial charge in [-0.05, 0) is 19.3 Å². The first kappa shape index (κ1) is 26.5. The Morgan fingerprint density at radius 1 is 0.586 bits per heavy atom. The highest BCUT2D eigenvalue weighted by Crippen LogP contribution is 2.20. The van der Waals surface area contributed by atoms with E-state index in [4.69, 9.17) is 4.74 Å². The van der Waals surface area contributed by atoms with Crippen molar-refractivity contribution in [3.8, 4) is 0 Å². The van der Waals surface area contributed by atoms with Gasteiger partial charge in [0.05, 0.1) is 0 Å². The molecule has 0 unspecified atom stereocenters. The highest BCUT2D eigenvalue weighted by molar-refractivity contribution is 5.71. The Labute approximate surface area is 182 Å². The summed E-state index contributed by atoms with van der Waals surface area (Å²) in [5.41, 5.74) is 0. The van der Waals surface area contributed by atoms with Crippen molar-refractivity contribution in [3.05, 3.63) is 0 Å². The number of unbranched alkanes of at least 4 members (excludes halogenated alkanes) is 20. The molecule has 2 heteroatoms. The molecule has 0 spiro atoms. The quantitative estimate of drug-likeness (QED) is 0.132. The zero-order valence-corrected chi connectivity index (χ0v) is 19.9. The smallest absolute Gasteiger partial charge is 0.306 e. The van der Waals surface area contributed by atoms with Gasteiger partial charge in [0.1, 0.15) is 6.10 Å². The van der Waals surface area contributed by atoms with Crippen LogP contribution in [0.4, 0.5) is 0 Å². The molecule has 0 aromatic rings. The second kappa shape index (κ2) is 20.7. The minimum Gasteiger partial charge on any atom is -0.462 e. The van der Waals surface area contributed by atoms with Gasteiger partial charge >= 0.3 is 5.97 Å². The monoisotopic (exact) mass is 408 g/mol. The average Bonchev–Trinajstić information content (AvgIpc) is 3.14. The number of hydrogen-bond acceptors (Lipinski definition) is 2. The van der Waals surface area contributed by atoms with Crippen LogP contribution in [0.2, 0.25) is 0 Å². The Morgan fingerprint density at radius 2 is 0.931 bits per heavy atom. The summed E-state index contributed by atoms with van der Waals surface area (Å²) in [5.74, 6) is 0.0125. The third-order valence-electron chi connectivity index (χ3n) is 6.60. The fourth-order valence-corrected chi connectivity index (χ4v) is 4.59. The SMILES string of the molecule is CCCCCCCCCCCCCCCCCCCCCCC[C@H]1CCC(=O)O1. The predicted molar refractivity (Wildman–Crippen MR) is 126 cm³/mol. The molecule has 1 atom stereocenters. The van der Waals surface area contributed by atoms with Crippen LogP contribution in [-0.4, -0.2) is 12.1 Å². The van der Waals surface area contributed by atoms with Crippen molar-refractivity contribution in [2.24, 2.45) is 0 Å². The van der Waals surface area contributed by atoms with Crippen LogP contribution in [0.5, 0.6) is 0 Å². The first-order valence-corrected chi connectivity index (χ1v) is 13.5. The molecule has 0 aliphatic carbocycles. The van der Waals surface area contributed by atoms with Crippen LogP contribution in [0.3, 0.4) is 0 Å². The molecule has 172 valence electrons. The Morgan fingerprint density at radius 3 is 1.24 bits per heavy atom. The van der Waals surface area contributed by atoms with Crippen LogP contribution in [0.1, 0.15) is 161 Å². The normalized spacial score (nSPS) is 16.4. The summed E-state index contributed by atoms with van der Waals surface area (Å²) in [7, 11) is 0. The Kier molecular flexibility index (Phi) is 18.9. The molecule has 1 rings (SSSR count). The van der Waals surface area contributed by atoms with E-state index in [9.17, 15) is 4.79 Å². The number of cyclic esters (lactones) is 1. The molecular formula is C27H52O2. The van der Waals surface area contributed by atoms with Gasteiger partial charge in [-0.25, -0.2) is 0 Å². The minimum absolute atomic E-state index is 0.0125. The van der Waals surface area contributed by atoms with Crippen molar-refractivity contribution in [2.45, 2.75) is 167 Å². The van der Waals surface area contributed by atoms with Gasteiger partial charge < -0.3 is 4.74 Å². The van der Waals surface area contributed by atoms with Crippen molar-refractivity contribution in [2.75, 3.05) is 0 Å².